The molecule has 1 fully saturated rings. The van der Waals surface area contributed by atoms with Gasteiger partial charge >= 0.3 is 0 Å². The van der Waals surface area contributed by atoms with Gasteiger partial charge < -0.3 is 16.0 Å². The molecule has 1 aromatic rings. The first-order valence-electron chi connectivity index (χ1n) is 8.21. The number of hydrogen-bond acceptors (Lipinski definition) is 2. The van der Waals surface area contributed by atoms with Crippen LogP contribution in [0.3, 0.4) is 0 Å². The molecule has 5 nitrogen and oxygen atoms in total. The highest BCUT2D eigenvalue weighted by Gasteiger charge is 2.22. The van der Waals surface area contributed by atoms with Gasteiger partial charge in [0.2, 0.25) is 5.91 Å². The summed E-state index contributed by atoms with van der Waals surface area (Å²) in [6, 6.07) is 3.52. The zero-order valence-electron chi connectivity index (χ0n) is 14.4. The SMILES string of the molecule is CN=C(NCCCC(=O)NC1CC1)NC(C)c1ccc(F)cc1F.I. The van der Waals surface area contributed by atoms with Crippen molar-refractivity contribution in [2.45, 2.75) is 44.7 Å². The zero-order chi connectivity index (χ0) is 17.5. The van der Waals surface area contributed by atoms with E-state index in [1.807, 2.05) is 0 Å². The van der Waals surface area contributed by atoms with Gasteiger partial charge in [-0.15, -0.1) is 24.0 Å². The van der Waals surface area contributed by atoms with Crippen molar-refractivity contribution in [1.29, 1.82) is 0 Å². The molecule has 1 saturated carbocycles. The first-order valence-corrected chi connectivity index (χ1v) is 8.21. The summed E-state index contributed by atoms with van der Waals surface area (Å²) in [5.41, 5.74) is 0.364. The second-order valence-electron chi connectivity index (χ2n) is 5.98. The van der Waals surface area contributed by atoms with Gasteiger partial charge in [0.15, 0.2) is 5.96 Å². The van der Waals surface area contributed by atoms with Crippen LogP contribution < -0.4 is 16.0 Å². The highest BCUT2D eigenvalue weighted by molar-refractivity contribution is 14.0. The van der Waals surface area contributed by atoms with Crippen LogP contribution in [0.5, 0.6) is 0 Å². The van der Waals surface area contributed by atoms with E-state index in [9.17, 15) is 13.6 Å². The number of carbonyl (C=O) groups is 1. The van der Waals surface area contributed by atoms with Crippen molar-refractivity contribution < 1.29 is 13.6 Å². The Morgan fingerprint density at radius 2 is 2.08 bits per heavy atom. The summed E-state index contributed by atoms with van der Waals surface area (Å²) < 4.78 is 26.7. The van der Waals surface area contributed by atoms with Crippen molar-refractivity contribution in [3.8, 4) is 0 Å². The van der Waals surface area contributed by atoms with E-state index in [1.165, 1.54) is 12.1 Å². The molecule has 25 heavy (non-hydrogen) atoms. The van der Waals surface area contributed by atoms with Crippen molar-refractivity contribution >= 4 is 35.8 Å². The van der Waals surface area contributed by atoms with E-state index in [1.54, 1.807) is 14.0 Å². The van der Waals surface area contributed by atoms with Crippen molar-refractivity contribution in [1.82, 2.24) is 16.0 Å². The molecule has 1 amide bonds. The number of guanidine groups is 1. The Morgan fingerprint density at radius 3 is 2.68 bits per heavy atom. The minimum atomic E-state index is -0.601. The monoisotopic (exact) mass is 466 g/mol. The first-order chi connectivity index (χ1) is 11.5. The molecule has 0 heterocycles. The van der Waals surface area contributed by atoms with E-state index in [-0.39, 0.29) is 35.9 Å². The molecule has 3 N–H and O–H groups in total. The molecule has 0 spiro atoms. The molecule has 1 atom stereocenters. The maximum Gasteiger partial charge on any atom is 0.220 e. The fourth-order valence-corrected chi connectivity index (χ4v) is 2.31. The number of halogens is 3. The van der Waals surface area contributed by atoms with Crippen LogP contribution >= 0.6 is 24.0 Å². The van der Waals surface area contributed by atoms with Gasteiger partial charge in [0, 0.05) is 37.7 Å². The van der Waals surface area contributed by atoms with Crippen molar-refractivity contribution in [3.05, 3.63) is 35.4 Å². The Bertz CT molecular complexity index is 608. The summed E-state index contributed by atoms with van der Waals surface area (Å²) in [7, 11) is 1.61. The lowest BCUT2D eigenvalue weighted by atomic mass is 10.1. The van der Waals surface area contributed by atoms with Crippen LogP contribution in [0.2, 0.25) is 0 Å². The normalized spacial score (nSPS) is 15.1. The van der Waals surface area contributed by atoms with Crippen molar-refractivity contribution in [3.63, 3.8) is 0 Å². The van der Waals surface area contributed by atoms with Crippen molar-refractivity contribution in [2.75, 3.05) is 13.6 Å². The minimum absolute atomic E-state index is 0. The van der Waals surface area contributed by atoms with Gasteiger partial charge in [-0.3, -0.25) is 9.79 Å². The lowest BCUT2D eigenvalue weighted by Crippen LogP contribution is -2.39. The molecule has 8 heteroatoms. The molecule has 0 aliphatic heterocycles. The van der Waals surface area contributed by atoms with Gasteiger partial charge in [0.1, 0.15) is 11.6 Å². The lowest BCUT2D eigenvalue weighted by Gasteiger charge is -2.18. The van der Waals surface area contributed by atoms with Crippen molar-refractivity contribution in [2.24, 2.45) is 4.99 Å². The molecule has 140 valence electrons. The number of amides is 1. The van der Waals surface area contributed by atoms with Gasteiger partial charge in [-0.25, -0.2) is 8.78 Å². The third-order valence-electron chi connectivity index (χ3n) is 3.82. The predicted molar refractivity (Wildman–Crippen MR) is 105 cm³/mol. The fourth-order valence-electron chi connectivity index (χ4n) is 2.31. The molecular weight excluding hydrogens is 441 g/mol. The third kappa shape index (κ3) is 7.54. The Hall–Kier alpha value is -1.45. The quantitative estimate of drug-likeness (QED) is 0.251. The standard InChI is InChI=1S/C17H24F2N4O.HI/c1-11(14-8-5-12(18)10-15(14)19)22-17(20-2)21-9-3-4-16(24)23-13-6-7-13;/h5,8,10-11,13H,3-4,6-7,9H2,1-2H3,(H,23,24)(H2,20,21,22);1H. The van der Waals surface area contributed by atoms with E-state index in [2.05, 4.69) is 20.9 Å². The van der Waals surface area contributed by atoms with Gasteiger partial charge in [0.25, 0.3) is 0 Å². The Balaban J connectivity index is 0.00000312. The van der Waals surface area contributed by atoms with Gasteiger partial charge in [0.05, 0.1) is 6.04 Å². The summed E-state index contributed by atoms with van der Waals surface area (Å²) in [5, 5.41) is 9.07. The highest BCUT2D eigenvalue weighted by Crippen LogP contribution is 2.19. The molecule has 1 aliphatic rings. The second kappa shape index (κ2) is 10.5. The third-order valence-corrected chi connectivity index (χ3v) is 3.82. The van der Waals surface area contributed by atoms with Gasteiger partial charge in [-0.05, 0) is 32.3 Å². The highest BCUT2D eigenvalue weighted by atomic mass is 127. The number of benzene rings is 1. The molecule has 0 radical (unpaired) electrons. The van der Waals surface area contributed by atoms with E-state index < -0.39 is 11.6 Å². The summed E-state index contributed by atoms with van der Waals surface area (Å²) in [4.78, 5) is 15.7. The van der Waals surface area contributed by atoms with Crippen LogP contribution in [0, 0.1) is 11.6 Å². The predicted octanol–water partition coefficient (Wildman–Crippen LogP) is 2.87. The molecule has 1 aliphatic carbocycles. The Morgan fingerprint density at radius 1 is 1.36 bits per heavy atom. The topological polar surface area (TPSA) is 65.5 Å². The summed E-state index contributed by atoms with van der Waals surface area (Å²) in [5.74, 6) is -0.615. The first kappa shape index (κ1) is 21.6. The van der Waals surface area contributed by atoms with E-state index in [0.29, 0.717) is 37.0 Å². The van der Waals surface area contributed by atoms with Crippen LogP contribution in [0.4, 0.5) is 8.78 Å². The van der Waals surface area contributed by atoms with Crippen LogP contribution in [-0.4, -0.2) is 31.5 Å². The smallest absolute Gasteiger partial charge is 0.220 e. The van der Waals surface area contributed by atoms with Crippen LogP contribution in [0.25, 0.3) is 0 Å². The largest absolute Gasteiger partial charge is 0.356 e. The average Bonchev–Trinajstić information content (AvgIpc) is 3.33. The van der Waals surface area contributed by atoms with Crippen LogP contribution in [-0.2, 0) is 4.79 Å². The van der Waals surface area contributed by atoms with Crippen LogP contribution in [0.1, 0.15) is 44.2 Å². The minimum Gasteiger partial charge on any atom is -0.356 e. The lowest BCUT2D eigenvalue weighted by molar-refractivity contribution is -0.121. The molecular formula is C17H25F2IN4O. The number of carbonyl (C=O) groups excluding carboxylic acids is 1. The van der Waals surface area contributed by atoms with Crippen LogP contribution in [0.15, 0.2) is 23.2 Å². The van der Waals surface area contributed by atoms with E-state index in [4.69, 9.17) is 0 Å². The fraction of sp³-hybridized carbons (Fsp3) is 0.529. The molecule has 0 saturated heterocycles. The maximum absolute atomic E-state index is 13.8. The average molecular weight is 466 g/mol. The number of nitrogens with one attached hydrogen (secondary N) is 3. The Kier molecular flexibility index (Phi) is 9.09. The summed E-state index contributed by atoms with van der Waals surface area (Å²) >= 11 is 0. The molecule has 1 aromatic carbocycles. The van der Waals surface area contributed by atoms with Gasteiger partial charge in [-0.1, -0.05) is 6.07 Å². The Labute approximate surface area is 164 Å². The summed E-state index contributed by atoms with van der Waals surface area (Å²) in [6.07, 6.45) is 3.30. The number of hydrogen-bond donors (Lipinski definition) is 3. The number of nitrogens with zero attached hydrogens (tertiary/aromatic N) is 1. The molecule has 2 rings (SSSR count). The number of aliphatic imine (C=N–C) groups is 1. The zero-order valence-corrected chi connectivity index (χ0v) is 16.8. The van der Waals surface area contributed by atoms with E-state index in [0.717, 1.165) is 18.9 Å². The molecule has 1 unspecified atom stereocenters. The van der Waals surface area contributed by atoms with Gasteiger partial charge in [-0.2, -0.15) is 0 Å². The second-order valence-corrected chi connectivity index (χ2v) is 5.98. The molecule has 0 aromatic heterocycles. The molecule has 0 bridgehead atoms. The van der Waals surface area contributed by atoms with E-state index >= 15 is 0 Å². The number of rotatable bonds is 7. The summed E-state index contributed by atoms with van der Waals surface area (Å²) in [6.45, 7) is 2.35. The maximum atomic E-state index is 13.8.